The van der Waals surface area contributed by atoms with Gasteiger partial charge in [0.25, 0.3) is 0 Å². The summed E-state index contributed by atoms with van der Waals surface area (Å²) in [7, 11) is 1.60. The van der Waals surface area contributed by atoms with Gasteiger partial charge in [0.15, 0.2) is 0 Å². The average molecular weight is 414 g/mol. The lowest BCUT2D eigenvalue weighted by Crippen LogP contribution is -2.11. The van der Waals surface area contributed by atoms with Crippen molar-refractivity contribution >= 4 is 23.1 Å². The second-order valence-corrected chi connectivity index (χ2v) is 7.54. The normalized spacial score (nSPS) is 12.5. The molecular weight excluding hydrogens is 396 g/mol. The first-order chi connectivity index (χ1) is 14.8. The van der Waals surface area contributed by atoms with Crippen molar-refractivity contribution in [2.75, 3.05) is 17.9 Å². The van der Waals surface area contributed by atoms with Gasteiger partial charge in [0.2, 0.25) is 5.88 Å². The molecular formula is C23H18N4O2S. The molecule has 0 N–H and O–H groups in total. The highest BCUT2D eigenvalue weighted by Gasteiger charge is 2.20. The Kier molecular flexibility index (Phi) is 4.94. The first-order valence-electron chi connectivity index (χ1n) is 9.40. The minimum absolute atomic E-state index is 0.414. The molecule has 1 aliphatic rings. The van der Waals surface area contributed by atoms with E-state index in [9.17, 15) is 0 Å². The number of para-hydroxylation sites is 1. The first-order valence-corrected chi connectivity index (χ1v) is 10.4. The van der Waals surface area contributed by atoms with Crippen LogP contribution in [0.2, 0.25) is 0 Å². The van der Waals surface area contributed by atoms with E-state index >= 15 is 0 Å². The molecule has 148 valence electrons. The number of nitrogens with zero attached hydrogens (tertiary/aromatic N) is 4. The molecule has 5 rings (SSSR count). The quantitative estimate of drug-likeness (QED) is 0.425. The molecule has 4 aromatic rings. The van der Waals surface area contributed by atoms with Crippen LogP contribution in [0.1, 0.15) is 0 Å². The predicted octanol–water partition coefficient (Wildman–Crippen LogP) is 5.54. The highest BCUT2D eigenvalue weighted by molar-refractivity contribution is 7.99. The van der Waals surface area contributed by atoms with Crippen LogP contribution in [-0.2, 0) is 0 Å². The maximum absolute atomic E-state index is 6.08. The molecule has 30 heavy (non-hydrogen) atoms. The number of aromatic nitrogens is 3. The van der Waals surface area contributed by atoms with E-state index in [4.69, 9.17) is 9.47 Å². The van der Waals surface area contributed by atoms with Gasteiger partial charge in [-0.1, -0.05) is 12.1 Å². The number of fused-ring (bicyclic) bond motifs is 1. The number of pyridine rings is 1. The summed E-state index contributed by atoms with van der Waals surface area (Å²) in [5.41, 5.74) is 3.73. The molecule has 6 nitrogen and oxygen atoms in total. The molecule has 0 bridgehead atoms. The molecule has 0 saturated carbocycles. The second kappa shape index (κ2) is 8.04. The Labute approximate surface area is 178 Å². The minimum Gasteiger partial charge on any atom is -0.494 e. The number of hydrogen-bond acceptors (Lipinski definition) is 7. The summed E-state index contributed by atoms with van der Waals surface area (Å²) in [4.78, 5) is 16.5. The van der Waals surface area contributed by atoms with Crippen LogP contribution < -0.4 is 14.4 Å². The van der Waals surface area contributed by atoms with E-state index in [2.05, 4.69) is 56.3 Å². The smallest absolute Gasteiger partial charge is 0.246 e. The van der Waals surface area contributed by atoms with Gasteiger partial charge in [-0.3, -0.25) is 4.98 Å². The summed E-state index contributed by atoms with van der Waals surface area (Å²) in [5, 5.41) is 0. The standard InChI is InChI=1S/C23H18N4O2S/c1-28-20-14-24-11-10-18(20)22-23(26-13-12-25-22)29-17-8-6-16(7-9-17)27-15-30-21-5-3-2-4-19(21)27/h2-14H,15H2,1H3. The summed E-state index contributed by atoms with van der Waals surface area (Å²) < 4.78 is 11.5. The molecule has 0 radical (unpaired) electrons. The number of rotatable bonds is 5. The van der Waals surface area contributed by atoms with Gasteiger partial charge in [0, 0.05) is 29.2 Å². The van der Waals surface area contributed by atoms with Crippen LogP contribution in [0.25, 0.3) is 11.3 Å². The van der Waals surface area contributed by atoms with Gasteiger partial charge in [-0.25, -0.2) is 9.97 Å². The van der Waals surface area contributed by atoms with Crippen molar-refractivity contribution in [3.8, 4) is 28.6 Å². The second-order valence-electron chi connectivity index (χ2n) is 6.55. The van der Waals surface area contributed by atoms with Crippen LogP contribution in [-0.4, -0.2) is 27.9 Å². The Balaban J connectivity index is 1.42. The fourth-order valence-corrected chi connectivity index (χ4v) is 4.41. The van der Waals surface area contributed by atoms with Crippen molar-refractivity contribution in [3.05, 3.63) is 79.4 Å². The van der Waals surface area contributed by atoms with E-state index in [-0.39, 0.29) is 0 Å². The summed E-state index contributed by atoms with van der Waals surface area (Å²) in [6.07, 6.45) is 6.58. The van der Waals surface area contributed by atoms with Crippen molar-refractivity contribution < 1.29 is 9.47 Å². The van der Waals surface area contributed by atoms with E-state index in [0.717, 1.165) is 17.1 Å². The lowest BCUT2D eigenvalue weighted by Gasteiger charge is -2.19. The zero-order chi connectivity index (χ0) is 20.3. The van der Waals surface area contributed by atoms with Crippen molar-refractivity contribution in [2.24, 2.45) is 0 Å². The van der Waals surface area contributed by atoms with Gasteiger partial charge in [-0.2, -0.15) is 0 Å². The maximum Gasteiger partial charge on any atom is 0.246 e. The van der Waals surface area contributed by atoms with Gasteiger partial charge in [0.1, 0.15) is 17.2 Å². The predicted molar refractivity (Wildman–Crippen MR) is 118 cm³/mol. The molecule has 0 atom stereocenters. The Morgan fingerprint density at radius 3 is 2.63 bits per heavy atom. The molecule has 2 aromatic heterocycles. The third-order valence-electron chi connectivity index (χ3n) is 4.79. The molecule has 3 heterocycles. The topological polar surface area (TPSA) is 60.4 Å². The monoisotopic (exact) mass is 414 g/mol. The van der Waals surface area contributed by atoms with Crippen molar-refractivity contribution in [1.29, 1.82) is 0 Å². The SMILES string of the molecule is COc1cnccc1-c1nccnc1Oc1ccc(N2CSc3ccccc32)cc1. The lowest BCUT2D eigenvalue weighted by molar-refractivity contribution is 0.413. The number of benzene rings is 2. The number of anilines is 2. The molecule has 0 amide bonds. The number of hydrogen-bond donors (Lipinski definition) is 0. The van der Waals surface area contributed by atoms with Crippen molar-refractivity contribution in [3.63, 3.8) is 0 Å². The van der Waals surface area contributed by atoms with Gasteiger partial charge < -0.3 is 14.4 Å². The molecule has 0 unspecified atom stereocenters. The van der Waals surface area contributed by atoms with Gasteiger partial charge >= 0.3 is 0 Å². The van der Waals surface area contributed by atoms with E-state index in [1.54, 1.807) is 31.9 Å². The molecule has 0 fully saturated rings. The zero-order valence-electron chi connectivity index (χ0n) is 16.2. The minimum atomic E-state index is 0.414. The zero-order valence-corrected chi connectivity index (χ0v) is 17.0. The third kappa shape index (κ3) is 3.44. The Morgan fingerprint density at radius 1 is 0.933 bits per heavy atom. The molecule has 0 aliphatic carbocycles. The highest BCUT2D eigenvalue weighted by atomic mass is 32.2. The van der Waals surface area contributed by atoms with E-state index < -0.39 is 0 Å². The van der Waals surface area contributed by atoms with Crippen LogP contribution in [0.5, 0.6) is 17.4 Å². The van der Waals surface area contributed by atoms with Crippen molar-refractivity contribution in [1.82, 2.24) is 15.0 Å². The fraction of sp³-hybridized carbons (Fsp3) is 0.0870. The highest BCUT2D eigenvalue weighted by Crippen LogP contribution is 2.43. The van der Waals surface area contributed by atoms with Gasteiger partial charge in [0.05, 0.1) is 30.4 Å². The number of thioether (sulfide) groups is 1. The van der Waals surface area contributed by atoms with Crippen LogP contribution in [0.4, 0.5) is 11.4 Å². The lowest BCUT2D eigenvalue weighted by atomic mass is 10.2. The summed E-state index contributed by atoms with van der Waals surface area (Å²) >= 11 is 1.84. The van der Waals surface area contributed by atoms with Crippen molar-refractivity contribution in [2.45, 2.75) is 4.90 Å². The average Bonchev–Trinajstić information content (AvgIpc) is 3.24. The molecule has 0 saturated heterocycles. The summed E-state index contributed by atoms with van der Waals surface area (Å²) in [6, 6.07) is 18.3. The van der Waals surface area contributed by atoms with Crippen LogP contribution in [0.15, 0.2) is 84.3 Å². The van der Waals surface area contributed by atoms with Crippen LogP contribution >= 0.6 is 11.8 Å². The Bertz CT molecular complexity index is 1180. The van der Waals surface area contributed by atoms with Crippen LogP contribution in [0.3, 0.4) is 0 Å². The van der Waals surface area contributed by atoms with Gasteiger partial charge in [-0.15, -0.1) is 11.8 Å². The van der Waals surface area contributed by atoms with E-state index in [0.29, 0.717) is 23.1 Å². The summed E-state index contributed by atoms with van der Waals surface area (Å²) in [5.74, 6) is 2.62. The van der Waals surface area contributed by atoms with Crippen LogP contribution in [0, 0.1) is 0 Å². The number of methoxy groups -OCH3 is 1. The largest absolute Gasteiger partial charge is 0.494 e. The van der Waals surface area contributed by atoms with E-state index in [1.807, 2.05) is 30.0 Å². The Hall–Kier alpha value is -3.58. The maximum atomic E-state index is 6.08. The van der Waals surface area contributed by atoms with E-state index in [1.165, 1.54) is 10.6 Å². The fourth-order valence-electron chi connectivity index (χ4n) is 3.35. The number of ether oxygens (including phenoxy) is 2. The Morgan fingerprint density at radius 2 is 1.77 bits per heavy atom. The molecule has 2 aromatic carbocycles. The first kappa shape index (κ1) is 18.4. The molecule has 1 aliphatic heterocycles. The molecule has 0 spiro atoms. The van der Waals surface area contributed by atoms with Gasteiger partial charge in [-0.05, 0) is 42.5 Å². The molecule has 7 heteroatoms. The summed E-state index contributed by atoms with van der Waals surface area (Å²) in [6.45, 7) is 0. The third-order valence-corrected chi connectivity index (χ3v) is 5.84.